The highest BCUT2D eigenvalue weighted by Crippen LogP contribution is 1.93. The first kappa shape index (κ1) is 19.9. The number of aliphatic hydroxyl groups excluding tert-OH is 1. The molecule has 1 amide bonds. The van der Waals surface area contributed by atoms with Gasteiger partial charge in [-0.05, 0) is 14.0 Å². The van der Waals surface area contributed by atoms with E-state index in [1.807, 2.05) is 27.7 Å². The third-order valence-corrected chi connectivity index (χ3v) is 1.74. The molecule has 0 bridgehead atoms. The fraction of sp³-hybridized carbons (Fsp3) is 0.909. The Labute approximate surface area is 94.7 Å². The Hall–Kier alpha value is -0.610. The Morgan fingerprint density at radius 1 is 1.33 bits per heavy atom. The first-order chi connectivity index (χ1) is 7.13. The molecule has 4 nitrogen and oxygen atoms in total. The van der Waals surface area contributed by atoms with E-state index in [0.717, 1.165) is 0 Å². The van der Waals surface area contributed by atoms with E-state index in [1.54, 1.807) is 25.9 Å². The Kier molecular flexibility index (Phi) is 21.0. The highest BCUT2D eigenvalue weighted by atomic mass is 16.3. The molecule has 0 aliphatic heterocycles. The summed E-state index contributed by atoms with van der Waals surface area (Å²) in [7, 11) is 3.40. The van der Waals surface area contributed by atoms with Crippen molar-refractivity contribution in [3.63, 3.8) is 0 Å². The van der Waals surface area contributed by atoms with Crippen LogP contribution in [-0.2, 0) is 4.79 Å². The zero-order valence-corrected chi connectivity index (χ0v) is 11.3. The number of carbonyl (C=O) groups excluding carboxylic acids is 1. The van der Waals surface area contributed by atoms with E-state index < -0.39 is 0 Å². The highest BCUT2D eigenvalue weighted by Gasteiger charge is 2.14. The number of hydrogen-bond acceptors (Lipinski definition) is 3. The summed E-state index contributed by atoms with van der Waals surface area (Å²) in [6.07, 6.45) is 0. The second-order valence-electron chi connectivity index (χ2n) is 2.49. The van der Waals surface area contributed by atoms with Crippen molar-refractivity contribution in [2.24, 2.45) is 0 Å². The summed E-state index contributed by atoms with van der Waals surface area (Å²) < 4.78 is 0. The zero-order chi connectivity index (χ0) is 12.9. The van der Waals surface area contributed by atoms with Crippen LogP contribution in [0.2, 0.25) is 0 Å². The van der Waals surface area contributed by atoms with E-state index in [-0.39, 0.29) is 18.6 Å². The number of carbonyl (C=O) groups is 1. The largest absolute Gasteiger partial charge is 0.395 e. The Bertz CT molecular complexity index is 130. The summed E-state index contributed by atoms with van der Waals surface area (Å²) in [5.41, 5.74) is 0. The van der Waals surface area contributed by atoms with Crippen molar-refractivity contribution < 1.29 is 9.90 Å². The van der Waals surface area contributed by atoms with Gasteiger partial charge in [-0.25, -0.2) is 0 Å². The fourth-order valence-electron chi connectivity index (χ4n) is 0.760. The van der Waals surface area contributed by atoms with Crippen LogP contribution in [0, 0.1) is 0 Å². The molecule has 0 radical (unpaired) electrons. The second kappa shape index (κ2) is 15.8. The molecule has 0 saturated heterocycles. The smallest absolute Gasteiger partial charge is 0.236 e. The molecule has 0 spiro atoms. The van der Waals surface area contributed by atoms with Crippen molar-refractivity contribution in [2.45, 2.75) is 40.7 Å². The molecular formula is C11H28N2O2. The van der Waals surface area contributed by atoms with E-state index >= 15 is 0 Å². The van der Waals surface area contributed by atoms with E-state index in [2.05, 4.69) is 5.32 Å². The molecule has 0 heterocycles. The van der Waals surface area contributed by atoms with Gasteiger partial charge >= 0.3 is 0 Å². The molecule has 2 N–H and O–H groups in total. The maximum absolute atomic E-state index is 11.0. The van der Waals surface area contributed by atoms with E-state index in [9.17, 15) is 4.79 Å². The van der Waals surface area contributed by atoms with Crippen LogP contribution in [0.15, 0.2) is 0 Å². The molecule has 1 atom stereocenters. The highest BCUT2D eigenvalue weighted by molar-refractivity contribution is 5.80. The minimum Gasteiger partial charge on any atom is -0.395 e. The number of rotatable bonds is 4. The van der Waals surface area contributed by atoms with Gasteiger partial charge < -0.3 is 10.4 Å². The number of nitrogens with one attached hydrogen (secondary N) is 1. The average molecular weight is 220 g/mol. The minimum atomic E-state index is -0.174. The predicted octanol–water partition coefficient (Wildman–Crippen LogP) is 1.10. The van der Waals surface area contributed by atoms with Gasteiger partial charge in [0.05, 0.1) is 12.6 Å². The third-order valence-electron chi connectivity index (χ3n) is 1.74. The van der Waals surface area contributed by atoms with E-state index in [0.29, 0.717) is 6.54 Å². The van der Waals surface area contributed by atoms with Crippen molar-refractivity contribution in [1.29, 1.82) is 0 Å². The molecule has 0 aliphatic carbocycles. The Morgan fingerprint density at radius 3 is 2.00 bits per heavy atom. The van der Waals surface area contributed by atoms with Crippen LogP contribution >= 0.6 is 0 Å². The lowest BCUT2D eigenvalue weighted by Gasteiger charge is -2.21. The van der Waals surface area contributed by atoms with Crippen LogP contribution in [0.4, 0.5) is 0 Å². The molecule has 0 saturated carbocycles. The summed E-state index contributed by atoms with van der Waals surface area (Å²) in [6, 6.07) is -0.174. The lowest BCUT2D eigenvalue weighted by molar-refractivity contribution is -0.125. The molecule has 4 heteroatoms. The molecular weight excluding hydrogens is 192 g/mol. The third kappa shape index (κ3) is 11.3. The lowest BCUT2D eigenvalue weighted by Crippen LogP contribution is -2.42. The molecule has 0 fully saturated rings. The van der Waals surface area contributed by atoms with Gasteiger partial charge in [0.15, 0.2) is 0 Å². The van der Waals surface area contributed by atoms with Crippen molar-refractivity contribution in [3.8, 4) is 0 Å². The maximum Gasteiger partial charge on any atom is 0.236 e. The molecule has 1 unspecified atom stereocenters. The molecule has 15 heavy (non-hydrogen) atoms. The van der Waals surface area contributed by atoms with Gasteiger partial charge in [0, 0.05) is 13.6 Å². The zero-order valence-electron chi connectivity index (χ0n) is 11.3. The van der Waals surface area contributed by atoms with Gasteiger partial charge in [-0.3, -0.25) is 9.69 Å². The number of amides is 1. The fourth-order valence-corrected chi connectivity index (χ4v) is 0.760. The molecule has 0 aromatic rings. The standard InChI is InChI=1S/C7H16N2O2.2C2H6/c1-6(7(11)8-2)9(3)4-5-10;2*1-2/h6,10H,4-5H2,1-3H3,(H,8,11);2*1-2H3. The Balaban J connectivity index is -0.000000318. The topological polar surface area (TPSA) is 52.6 Å². The summed E-state index contributed by atoms with van der Waals surface area (Å²) in [6.45, 7) is 10.4. The van der Waals surface area contributed by atoms with Gasteiger partial charge in [-0.15, -0.1) is 0 Å². The lowest BCUT2D eigenvalue weighted by atomic mass is 10.3. The number of hydrogen-bond donors (Lipinski definition) is 2. The summed E-state index contributed by atoms with van der Waals surface area (Å²) in [5, 5.41) is 11.1. The van der Waals surface area contributed by atoms with Crippen molar-refractivity contribution in [3.05, 3.63) is 0 Å². The predicted molar refractivity (Wildman–Crippen MR) is 65.9 cm³/mol. The first-order valence-electron chi connectivity index (χ1n) is 5.66. The summed E-state index contributed by atoms with van der Waals surface area (Å²) >= 11 is 0. The van der Waals surface area contributed by atoms with Crippen molar-refractivity contribution in [2.75, 3.05) is 27.2 Å². The van der Waals surface area contributed by atoms with Gasteiger partial charge in [-0.2, -0.15) is 0 Å². The first-order valence-corrected chi connectivity index (χ1v) is 5.66. The maximum atomic E-state index is 11.0. The van der Waals surface area contributed by atoms with E-state index in [4.69, 9.17) is 5.11 Å². The monoisotopic (exact) mass is 220 g/mol. The summed E-state index contributed by atoms with van der Waals surface area (Å²) in [4.78, 5) is 12.8. The molecule has 0 rings (SSSR count). The van der Waals surface area contributed by atoms with Crippen molar-refractivity contribution in [1.82, 2.24) is 10.2 Å². The van der Waals surface area contributed by atoms with Gasteiger partial charge in [0.2, 0.25) is 5.91 Å². The van der Waals surface area contributed by atoms with Crippen molar-refractivity contribution >= 4 is 5.91 Å². The second-order valence-corrected chi connectivity index (χ2v) is 2.49. The van der Waals surface area contributed by atoms with Crippen LogP contribution in [-0.4, -0.2) is 49.2 Å². The van der Waals surface area contributed by atoms with Gasteiger partial charge in [-0.1, -0.05) is 27.7 Å². The average Bonchev–Trinajstić information content (AvgIpc) is 2.32. The summed E-state index contributed by atoms with van der Waals surface area (Å²) in [5.74, 6) is -0.0269. The van der Waals surface area contributed by atoms with Crippen LogP contribution in [0.3, 0.4) is 0 Å². The van der Waals surface area contributed by atoms with Crippen LogP contribution in [0.5, 0.6) is 0 Å². The van der Waals surface area contributed by atoms with Crippen LogP contribution in [0.1, 0.15) is 34.6 Å². The molecule has 94 valence electrons. The number of nitrogens with zero attached hydrogens (tertiary/aromatic N) is 1. The van der Waals surface area contributed by atoms with E-state index in [1.165, 1.54) is 0 Å². The Morgan fingerprint density at radius 2 is 1.73 bits per heavy atom. The van der Waals surface area contributed by atoms with Gasteiger partial charge in [0.1, 0.15) is 0 Å². The SMILES string of the molecule is CC.CC.CNC(=O)C(C)N(C)CCO. The minimum absolute atomic E-state index is 0.0269. The number of likely N-dealkylation sites (N-methyl/N-ethyl adjacent to an activating group) is 2. The van der Waals surface area contributed by atoms with Crippen LogP contribution < -0.4 is 5.32 Å². The normalized spacial score (nSPS) is 10.5. The van der Waals surface area contributed by atoms with Gasteiger partial charge in [0.25, 0.3) is 0 Å². The van der Waals surface area contributed by atoms with Crippen LogP contribution in [0.25, 0.3) is 0 Å². The molecule has 0 aromatic heterocycles. The number of aliphatic hydroxyl groups is 1. The molecule has 0 aromatic carbocycles. The quantitative estimate of drug-likeness (QED) is 0.746. The molecule has 0 aliphatic rings.